The molecule has 0 radical (unpaired) electrons. The van der Waals surface area contributed by atoms with Crippen molar-refractivity contribution in [2.24, 2.45) is 0 Å². The lowest BCUT2D eigenvalue weighted by molar-refractivity contribution is 0.249. The van der Waals surface area contributed by atoms with Crippen LogP contribution in [0.3, 0.4) is 0 Å². The lowest BCUT2D eigenvalue weighted by Gasteiger charge is -2.16. The maximum absolute atomic E-state index is 10.3. The highest BCUT2D eigenvalue weighted by molar-refractivity contribution is 7.80. The fourth-order valence-corrected chi connectivity index (χ4v) is 0.909. The van der Waals surface area contributed by atoms with E-state index in [0.29, 0.717) is 0 Å². The van der Waals surface area contributed by atoms with Gasteiger partial charge in [0.1, 0.15) is 4.99 Å². The molecule has 5 nitrogen and oxygen atoms in total. The van der Waals surface area contributed by atoms with Gasteiger partial charge in [0.2, 0.25) is 0 Å². The lowest BCUT2D eigenvalue weighted by Crippen LogP contribution is -2.21. The first-order valence-corrected chi connectivity index (χ1v) is 4.83. The minimum atomic E-state index is -4.53. The van der Waals surface area contributed by atoms with Crippen molar-refractivity contribution in [2.45, 2.75) is 0 Å². The number of thiocarbonyl (C=S) groups is 1. The van der Waals surface area contributed by atoms with E-state index >= 15 is 0 Å². The summed E-state index contributed by atoms with van der Waals surface area (Å²) in [4.78, 5) is 18.4. The van der Waals surface area contributed by atoms with Gasteiger partial charge in [-0.1, -0.05) is 18.8 Å². The Hall–Kier alpha value is -0.420. The molecule has 0 bridgehead atoms. The quantitative estimate of drug-likeness (QED) is 0.306. The maximum Gasteiger partial charge on any atom is 0.524 e. The number of nitrogens with zero attached hydrogens (tertiary/aromatic N) is 1. The van der Waals surface area contributed by atoms with Crippen LogP contribution in [0.25, 0.3) is 0 Å². The summed E-state index contributed by atoms with van der Waals surface area (Å²) in [6, 6.07) is 0. The van der Waals surface area contributed by atoms with Crippen molar-refractivity contribution in [1.29, 1.82) is 0 Å². The molecule has 12 heavy (non-hydrogen) atoms. The highest BCUT2D eigenvalue weighted by atomic mass is 32.1. The third kappa shape index (κ3) is 4.46. The van der Waals surface area contributed by atoms with Gasteiger partial charge in [0.05, 0.1) is 0 Å². The van der Waals surface area contributed by atoms with Crippen LogP contribution in [0, 0.1) is 0 Å². The Balaban J connectivity index is 4.25. The van der Waals surface area contributed by atoms with E-state index in [1.54, 1.807) is 14.1 Å². The SMILES string of the molecule is C=C(OP(=O)(O)O)C(=S)N(C)C. The molecule has 0 fully saturated rings. The highest BCUT2D eigenvalue weighted by Gasteiger charge is 2.19. The smallest absolute Gasteiger partial charge is 0.402 e. The summed E-state index contributed by atoms with van der Waals surface area (Å²) in [6.07, 6.45) is 0. The van der Waals surface area contributed by atoms with Crippen molar-refractivity contribution in [1.82, 2.24) is 4.90 Å². The van der Waals surface area contributed by atoms with Crippen LogP contribution in [0.2, 0.25) is 0 Å². The van der Waals surface area contributed by atoms with E-state index in [4.69, 9.17) is 22.0 Å². The number of phosphoric acid groups is 1. The fraction of sp³-hybridized carbons (Fsp3) is 0.400. The van der Waals surface area contributed by atoms with Crippen LogP contribution in [0.15, 0.2) is 12.3 Å². The standard InChI is InChI=1S/C5H10NO4PS/c1-4(5(12)6(2)3)10-11(7,8)9/h1H2,2-3H3,(H2,7,8,9). The van der Waals surface area contributed by atoms with Crippen LogP contribution in [0.5, 0.6) is 0 Å². The summed E-state index contributed by atoms with van der Waals surface area (Å²) in [6.45, 7) is 3.26. The fourth-order valence-electron chi connectivity index (χ4n) is 0.432. The maximum atomic E-state index is 10.3. The van der Waals surface area contributed by atoms with Crippen LogP contribution in [-0.2, 0) is 9.09 Å². The molecule has 0 unspecified atom stereocenters. The second-order valence-electron chi connectivity index (χ2n) is 2.20. The Labute approximate surface area is 75.9 Å². The van der Waals surface area contributed by atoms with Crippen LogP contribution in [-0.4, -0.2) is 33.8 Å². The molecule has 0 aromatic carbocycles. The van der Waals surface area contributed by atoms with E-state index in [1.165, 1.54) is 4.90 Å². The second-order valence-corrected chi connectivity index (χ2v) is 3.76. The average Bonchev–Trinajstić information content (AvgIpc) is 1.82. The molecule has 2 N–H and O–H groups in total. The molecular weight excluding hydrogens is 201 g/mol. The zero-order chi connectivity index (χ0) is 9.94. The molecule has 7 heteroatoms. The molecule has 70 valence electrons. The Morgan fingerprint density at radius 1 is 1.58 bits per heavy atom. The first kappa shape index (κ1) is 11.6. The van der Waals surface area contributed by atoms with Gasteiger partial charge in [0.15, 0.2) is 5.76 Å². The van der Waals surface area contributed by atoms with Crippen molar-refractivity contribution in [3.8, 4) is 0 Å². The van der Waals surface area contributed by atoms with Gasteiger partial charge in [0.25, 0.3) is 0 Å². The Bertz CT molecular complexity index is 246. The van der Waals surface area contributed by atoms with E-state index in [2.05, 4.69) is 11.1 Å². The Morgan fingerprint density at radius 2 is 2.00 bits per heavy atom. The van der Waals surface area contributed by atoms with Gasteiger partial charge in [-0.3, -0.25) is 9.79 Å². The van der Waals surface area contributed by atoms with Crippen LogP contribution >= 0.6 is 20.0 Å². The summed E-state index contributed by atoms with van der Waals surface area (Å²) in [5.41, 5.74) is 0. The second kappa shape index (κ2) is 4.00. The van der Waals surface area contributed by atoms with Crippen molar-refractivity contribution in [3.63, 3.8) is 0 Å². The summed E-state index contributed by atoms with van der Waals surface area (Å²) < 4.78 is 14.5. The zero-order valence-corrected chi connectivity index (χ0v) is 8.43. The molecule has 0 heterocycles. The molecule has 0 aliphatic heterocycles. The van der Waals surface area contributed by atoms with E-state index in [1.807, 2.05) is 0 Å². The molecule has 0 spiro atoms. The first-order valence-electron chi connectivity index (χ1n) is 2.89. The van der Waals surface area contributed by atoms with E-state index in [9.17, 15) is 4.57 Å². The summed E-state index contributed by atoms with van der Waals surface area (Å²) in [5.74, 6) is -0.205. The van der Waals surface area contributed by atoms with Gasteiger partial charge in [-0.25, -0.2) is 4.57 Å². The number of rotatable bonds is 3. The third-order valence-corrected chi connectivity index (χ3v) is 1.92. The van der Waals surface area contributed by atoms with Crippen molar-refractivity contribution < 1.29 is 18.9 Å². The number of phosphoric ester groups is 1. The van der Waals surface area contributed by atoms with E-state index < -0.39 is 7.82 Å². The third-order valence-electron chi connectivity index (χ3n) is 0.874. The average molecular weight is 211 g/mol. The van der Waals surface area contributed by atoms with Crippen LogP contribution in [0.1, 0.15) is 0 Å². The summed E-state index contributed by atoms with van der Waals surface area (Å²) in [5, 5.41) is 0. The highest BCUT2D eigenvalue weighted by Crippen LogP contribution is 2.38. The van der Waals surface area contributed by atoms with Crippen molar-refractivity contribution in [2.75, 3.05) is 14.1 Å². The number of likely N-dealkylation sites (N-methyl/N-ethyl adjacent to an activating group) is 1. The first-order chi connectivity index (χ1) is 5.24. The van der Waals surface area contributed by atoms with Gasteiger partial charge in [-0.15, -0.1) is 0 Å². The topological polar surface area (TPSA) is 70.0 Å². The summed E-state index contributed by atoms with van der Waals surface area (Å²) >= 11 is 4.73. The van der Waals surface area contributed by atoms with Crippen molar-refractivity contribution >= 4 is 25.0 Å². The normalized spacial score (nSPS) is 10.7. The molecule has 0 amide bonds. The molecule has 0 aromatic heterocycles. The number of hydrogen-bond donors (Lipinski definition) is 2. The van der Waals surface area contributed by atoms with E-state index in [-0.39, 0.29) is 10.7 Å². The van der Waals surface area contributed by atoms with Crippen LogP contribution in [0.4, 0.5) is 0 Å². The largest absolute Gasteiger partial charge is 0.524 e. The minimum absolute atomic E-state index is 0.151. The molecule has 0 rings (SSSR count). The predicted octanol–water partition coefficient (Wildman–Crippen LogP) is 0.498. The summed E-state index contributed by atoms with van der Waals surface area (Å²) in [7, 11) is -1.29. The molecular formula is C5H10NO4PS. The van der Waals surface area contributed by atoms with Crippen LogP contribution < -0.4 is 0 Å². The Kier molecular flexibility index (Phi) is 3.86. The molecule has 0 aliphatic carbocycles. The van der Waals surface area contributed by atoms with Gasteiger partial charge in [-0.05, 0) is 0 Å². The van der Waals surface area contributed by atoms with E-state index in [0.717, 1.165) is 0 Å². The molecule has 0 aliphatic rings. The van der Waals surface area contributed by atoms with Gasteiger partial charge in [0, 0.05) is 14.1 Å². The number of hydrogen-bond acceptors (Lipinski definition) is 3. The van der Waals surface area contributed by atoms with Gasteiger partial charge >= 0.3 is 7.82 Å². The minimum Gasteiger partial charge on any atom is -0.402 e. The van der Waals surface area contributed by atoms with Gasteiger partial charge in [-0.2, -0.15) is 0 Å². The zero-order valence-electron chi connectivity index (χ0n) is 6.72. The molecule has 0 saturated heterocycles. The van der Waals surface area contributed by atoms with Crippen molar-refractivity contribution in [3.05, 3.63) is 12.3 Å². The van der Waals surface area contributed by atoms with Gasteiger partial charge < -0.3 is 9.42 Å². The lowest BCUT2D eigenvalue weighted by atomic mass is 10.5. The molecule has 0 aromatic rings. The monoisotopic (exact) mass is 211 g/mol. The Morgan fingerprint density at radius 3 is 2.25 bits per heavy atom. The molecule has 0 atom stereocenters. The molecule has 0 saturated carbocycles. The predicted molar refractivity (Wildman–Crippen MR) is 48.6 cm³/mol.